The average Bonchev–Trinajstić information content (AvgIpc) is 3.05. The first-order valence-electron chi connectivity index (χ1n) is 10.4. The first kappa shape index (κ1) is 19.5. The zero-order chi connectivity index (χ0) is 19.1. The lowest BCUT2D eigenvalue weighted by atomic mass is 9.75. The second kappa shape index (κ2) is 7.37. The fraction of sp³-hybridized carbons (Fsp3) is 0.900. The molecule has 6 nitrogen and oxygen atoms in total. The van der Waals surface area contributed by atoms with Crippen molar-refractivity contribution in [2.75, 3.05) is 39.3 Å². The molecule has 3 heterocycles. The van der Waals surface area contributed by atoms with Crippen LogP contribution in [0.3, 0.4) is 0 Å². The quantitative estimate of drug-likeness (QED) is 0.830. The Morgan fingerprint density at radius 1 is 1.19 bits per heavy atom. The summed E-state index contributed by atoms with van der Waals surface area (Å²) in [6.45, 7) is 15.9. The Morgan fingerprint density at radius 2 is 1.85 bits per heavy atom. The third-order valence-electron chi connectivity index (χ3n) is 6.47. The Bertz CT molecular complexity index is 540. The van der Waals surface area contributed by atoms with Crippen LogP contribution in [0, 0.1) is 17.8 Å². The lowest BCUT2D eigenvalue weighted by Crippen LogP contribution is -2.59. The zero-order valence-corrected chi connectivity index (χ0v) is 17.1. The van der Waals surface area contributed by atoms with Gasteiger partial charge >= 0.3 is 6.03 Å². The highest BCUT2D eigenvalue weighted by Crippen LogP contribution is 2.49. The van der Waals surface area contributed by atoms with E-state index in [0.29, 0.717) is 17.7 Å². The van der Waals surface area contributed by atoms with Crippen molar-refractivity contribution in [3.63, 3.8) is 0 Å². The van der Waals surface area contributed by atoms with Crippen LogP contribution in [0.2, 0.25) is 0 Å². The van der Waals surface area contributed by atoms with Crippen molar-refractivity contribution in [2.24, 2.45) is 17.8 Å². The molecule has 3 fully saturated rings. The van der Waals surface area contributed by atoms with E-state index in [2.05, 4.69) is 35.9 Å². The van der Waals surface area contributed by atoms with Gasteiger partial charge in [-0.3, -0.25) is 4.79 Å². The molecule has 0 aromatic rings. The van der Waals surface area contributed by atoms with Crippen molar-refractivity contribution in [1.82, 2.24) is 20.0 Å². The number of likely N-dealkylation sites (tertiary alicyclic amines) is 3. The molecule has 26 heavy (non-hydrogen) atoms. The highest BCUT2D eigenvalue weighted by molar-refractivity contribution is 5.84. The first-order valence-corrected chi connectivity index (χ1v) is 10.4. The van der Waals surface area contributed by atoms with Gasteiger partial charge in [0.05, 0.1) is 11.5 Å². The number of nitrogens with zero attached hydrogens (tertiary/aromatic N) is 3. The number of fused-ring (bicyclic) bond motifs is 2. The van der Waals surface area contributed by atoms with Gasteiger partial charge in [0, 0.05) is 51.2 Å². The highest BCUT2D eigenvalue weighted by Gasteiger charge is 2.61. The van der Waals surface area contributed by atoms with Crippen molar-refractivity contribution >= 4 is 11.9 Å². The van der Waals surface area contributed by atoms with Crippen molar-refractivity contribution in [3.8, 4) is 0 Å². The summed E-state index contributed by atoms with van der Waals surface area (Å²) in [6.07, 6.45) is 1.82. The molecule has 0 bridgehead atoms. The molecule has 0 unspecified atom stereocenters. The van der Waals surface area contributed by atoms with E-state index in [9.17, 15) is 9.59 Å². The second-order valence-electron chi connectivity index (χ2n) is 9.10. The number of amides is 3. The van der Waals surface area contributed by atoms with E-state index in [1.165, 1.54) is 0 Å². The van der Waals surface area contributed by atoms with Crippen LogP contribution in [0.4, 0.5) is 4.79 Å². The van der Waals surface area contributed by atoms with E-state index >= 15 is 0 Å². The van der Waals surface area contributed by atoms with Crippen molar-refractivity contribution in [3.05, 3.63) is 0 Å². The van der Waals surface area contributed by atoms with Crippen LogP contribution in [-0.4, -0.2) is 77.5 Å². The summed E-state index contributed by atoms with van der Waals surface area (Å²) >= 11 is 0. The van der Waals surface area contributed by atoms with Gasteiger partial charge < -0.3 is 20.0 Å². The monoisotopic (exact) mass is 364 g/mol. The van der Waals surface area contributed by atoms with Crippen LogP contribution >= 0.6 is 0 Å². The number of carbonyl (C=O) groups excluding carboxylic acids is 2. The molecule has 1 spiro atoms. The minimum absolute atomic E-state index is 0.0339. The predicted octanol–water partition coefficient (Wildman–Crippen LogP) is 2.01. The largest absolute Gasteiger partial charge is 0.337 e. The SMILES string of the molecule is CCN1C(=O)[C@@H]2CN(CC(C)C)C[C@@H]2C12CCN(C(=O)NC(C)C)CC2. The van der Waals surface area contributed by atoms with E-state index in [0.717, 1.165) is 52.1 Å². The van der Waals surface area contributed by atoms with Crippen LogP contribution in [-0.2, 0) is 4.79 Å². The second-order valence-corrected chi connectivity index (χ2v) is 9.10. The van der Waals surface area contributed by atoms with Gasteiger partial charge in [0.1, 0.15) is 0 Å². The summed E-state index contributed by atoms with van der Waals surface area (Å²) in [5.41, 5.74) is -0.0448. The Morgan fingerprint density at radius 3 is 2.38 bits per heavy atom. The minimum Gasteiger partial charge on any atom is -0.337 e. The summed E-state index contributed by atoms with van der Waals surface area (Å²) in [7, 11) is 0. The van der Waals surface area contributed by atoms with E-state index in [1.54, 1.807) is 0 Å². The Balaban J connectivity index is 1.73. The third kappa shape index (κ3) is 3.32. The number of piperidine rings is 1. The molecule has 0 aromatic carbocycles. The zero-order valence-electron chi connectivity index (χ0n) is 17.1. The average molecular weight is 365 g/mol. The van der Waals surface area contributed by atoms with Crippen LogP contribution in [0.1, 0.15) is 47.5 Å². The molecule has 3 aliphatic rings. The number of hydrogen-bond donors (Lipinski definition) is 1. The molecule has 0 aliphatic carbocycles. The molecule has 0 radical (unpaired) electrons. The van der Waals surface area contributed by atoms with Crippen molar-refractivity contribution in [1.29, 1.82) is 0 Å². The Hall–Kier alpha value is -1.30. The molecular formula is C20H36N4O2. The van der Waals surface area contributed by atoms with E-state index in [1.807, 2.05) is 18.7 Å². The molecule has 0 saturated carbocycles. The fourth-order valence-electron chi connectivity index (χ4n) is 5.51. The van der Waals surface area contributed by atoms with E-state index in [-0.39, 0.29) is 23.5 Å². The highest BCUT2D eigenvalue weighted by atomic mass is 16.2. The molecule has 2 atom stereocenters. The van der Waals surface area contributed by atoms with E-state index in [4.69, 9.17) is 0 Å². The molecule has 3 aliphatic heterocycles. The maximum absolute atomic E-state index is 13.1. The molecular weight excluding hydrogens is 328 g/mol. The van der Waals surface area contributed by atoms with Gasteiger partial charge in [0.25, 0.3) is 0 Å². The van der Waals surface area contributed by atoms with Crippen molar-refractivity contribution in [2.45, 2.75) is 59.0 Å². The molecule has 3 rings (SSSR count). The number of rotatable bonds is 4. The lowest BCUT2D eigenvalue weighted by molar-refractivity contribution is -0.135. The number of nitrogens with one attached hydrogen (secondary N) is 1. The molecule has 0 aromatic heterocycles. The summed E-state index contributed by atoms with van der Waals surface area (Å²) in [5.74, 6) is 1.56. The topological polar surface area (TPSA) is 55.9 Å². The van der Waals surface area contributed by atoms with Crippen LogP contribution in [0.15, 0.2) is 0 Å². The Kier molecular flexibility index (Phi) is 5.52. The molecule has 3 amide bonds. The molecule has 6 heteroatoms. The van der Waals surface area contributed by atoms with Gasteiger partial charge in [-0.15, -0.1) is 0 Å². The van der Waals surface area contributed by atoms with Crippen LogP contribution in [0.25, 0.3) is 0 Å². The molecule has 148 valence electrons. The van der Waals surface area contributed by atoms with Crippen molar-refractivity contribution < 1.29 is 9.59 Å². The van der Waals surface area contributed by atoms with Gasteiger partial charge in [-0.1, -0.05) is 13.8 Å². The van der Waals surface area contributed by atoms with Gasteiger partial charge in [0.2, 0.25) is 5.91 Å². The molecule has 1 N–H and O–H groups in total. The standard InChI is InChI=1S/C20H36N4O2/c1-6-24-18(25)16-12-22(11-14(2)3)13-17(16)20(24)7-9-23(10-8-20)19(26)21-15(4)5/h14-17H,6-13H2,1-5H3,(H,21,26)/t16-,17+/m1/s1. The van der Waals surface area contributed by atoms with Crippen LogP contribution < -0.4 is 5.32 Å². The summed E-state index contributed by atoms with van der Waals surface area (Å²) < 4.78 is 0. The number of carbonyl (C=O) groups is 2. The summed E-state index contributed by atoms with van der Waals surface area (Å²) in [5, 5.41) is 3.00. The van der Waals surface area contributed by atoms with Gasteiger partial charge in [-0.05, 0) is 39.5 Å². The summed E-state index contributed by atoms with van der Waals surface area (Å²) in [6, 6.07) is 0.189. The molecule has 3 saturated heterocycles. The summed E-state index contributed by atoms with van der Waals surface area (Å²) in [4.78, 5) is 32.0. The van der Waals surface area contributed by atoms with Crippen LogP contribution in [0.5, 0.6) is 0 Å². The predicted molar refractivity (Wildman–Crippen MR) is 103 cm³/mol. The van der Waals surface area contributed by atoms with Gasteiger partial charge in [-0.2, -0.15) is 0 Å². The van der Waals surface area contributed by atoms with Gasteiger partial charge in [0.15, 0.2) is 0 Å². The fourth-order valence-corrected chi connectivity index (χ4v) is 5.51. The maximum Gasteiger partial charge on any atom is 0.317 e. The first-order chi connectivity index (χ1) is 12.3. The normalized spacial score (nSPS) is 28.5. The lowest BCUT2D eigenvalue weighted by Gasteiger charge is -2.47. The third-order valence-corrected chi connectivity index (χ3v) is 6.47. The number of urea groups is 1. The maximum atomic E-state index is 13.1. The Labute approximate surface area is 158 Å². The van der Waals surface area contributed by atoms with E-state index < -0.39 is 0 Å². The number of hydrogen-bond acceptors (Lipinski definition) is 3. The smallest absolute Gasteiger partial charge is 0.317 e. The van der Waals surface area contributed by atoms with Gasteiger partial charge in [-0.25, -0.2) is 4.79 Å². The minimum atomic E-state index is -0.0448.